The topological polar surface area (TPSA) is 46.2 Å². The number of fused-ring (bicyclic) bond motifs is 1. The van der Waals surface area contributed by atoms with Gasteiger partial charge in [0.25, 0.3) is 5.91 Å². The normalized spacial score (nSPS) is 17.8. The van der Waals surface area contributed by atoms with Crippen LogP contribution in [-0.2, 0) is 16.6 Å². The van der Waals surface area contributed by atoms with Gasteiger partial charge < -0.3 is 5.32 Å². The van der Waals surface area contributed by atoms with Gasteiger partial charge in [-0.2, -0.15) is 0 Å². The van der Waals surface area contributed by atoms with Crippen molar-refractivity contribution in [3.63, 3.8) is 0 Å². The van der Waals surface area contributed by atoms with Crippen molar-refractivity contribution in [3.8, 4) is 0 Å². The largest absolute Gasteiger partial charge is 0.345 e. The van der Waals surface area contributed by atoms with Crippen LogP contribution in [0.3, 0.4) is 0 Å². The Kier molecular flexibility index (Phi) is 5.36. The number of rotatable bonds is 4. The summed E-state index contributed by atoms with van der Waals surface area (Å²) in [4.78, 5) is 13.2. The molecule has 3 rings (SSSR count). The zero-order chi connectivity index (χ0) is 17.1. The van der Waals surface area contributed by atoms with Crippen LogP contribution in [0.1, 0.15) is 33.9 Å². The summed E-state index contributed by atoms with van der Waals surface area (Å²) in [5.74, 6) is 0.776. The third kappa shape index (κ3) is 3.87. The van der Waals surface area contributed by atoms with Crippen LogP contribution in [0.2, 0.25) is 0 Å². The van der Waals surface area contributed by atoms with E-state index in [2.05, 4.69) is 5.32 Å². The molecule has 126 valence electrons. The molecule has 1 aliphatic rings. The molecule has 0 aromatic heterocycles. The number of carbonyl (C=O) groups excluding carboxylic acids is 1. The number of amides is 1. The van der Waals surface area contributed by atoms with Gasteiger partial charge in [0.1, 0.15) is 5.82 Å². The highest BCUT2D eigenvalue weighted by Gasteiger charge is 2.24. The fourth-order valence-electron chi connectivity index (χ4n) is 2.82. The minimum atomic E-state index is -0.953. The maximum Gasteiger partial charge on any atom is 0.251 e. The summed E-state index contributed by atoms with van der Waals surface area (Å²) in [5.41, 5.74) is 2.24. The highest BCUT2D eigenvalue weighted by atomic mass is 32.2. The monoisotopic (exact) mass is 363 g/mol. The van der Waals surface area contributed by atoms with Crippen molar-refractivity contribution < 1.29 is 13.4 Å². The number of benzene rings is 2. The summed E-state index contributed by atoms with van der Waals surface area (Å²) in [7, 11) is -0.953. The van der Waals surface area contributed by atoms with Gasteiger partial charge in [-0.05, 0) is 35.7 Å². The Morgan fingerprint density at radius 3 is 2.92 bits per heavy atom. The van der Waals surface area contributed by atoms with Crippen LogP contribution in [0.15, 0.2) is 47.4 Å². The molecule has 0 aliphatic carbocycles. The molecule has 0 bridgehead atoms. The number of nitrogens with one attached hydrogen (secondary N) is 1. The summed E-state index contributed by atoms with van der Waals surface area (Å²) in [5, 5.41) is 3.00. The molecule has 2 aromatic rings. The molecule has 2 atom stereocenters. The Hall–Kier alpha value is -1.66. The number of carbonyl (C=O) groups is 1. The van der Waals surface area contributed by atoms with Gasteiger partial charge in [-0.3, -0.25) is 9.00 Å². The second kappa shape index (κ2) is 7.49. The minimum absolute atomic E-state index is 0.187. The Balaban J connectivity index is 1.79. The predicted octanol–water partition coefficient (Wildman–Crippen LogP) is 3.67. The first kappa shape index (κ1) is 17.2. The van der Waals surface area contributed by atoms with Crippen LogP contribution in [-0.4, -0.2) is 22.1 Å². The smallest absolute Gasteiger partial charge is 0.251 e. The molecule has 2 aromatic carbocycles. The van der Waals surface area contributed by atoms with Gasteiger partial charge in [0.15, 0.2) is 0 Å². The lowest BCUT2D eigenvalue weighted by molar-refractivity contribution is 0.0934. The second-order valence-corrected chi connectivity index (χ2v) is 8.28. The molecule has 6 heteroatoms. The molecule has 3 nitrogen and oxygen atoms in total. The highest BCUT2D eigenvalue weighted by molar-refractivity contribution is 7.99. The standard InChI is InChI=1S/C18H18FNO2S2/c1-24(22)11-12-4-2-5-13(10-12)18(21)20-16-8-9-23-17-14(16)6-3-7-15(17)19/h2-7,10,16H,8-9,11H2,1H3,(H,20,21)/t16-,24-/m1/s1. The maximum atomic E-state index is 13.9. The van der Waals surface area contributed by atoms with Crippen LogP contribution < -0.4 is 5.32 Å². The summed E-state index contributed by atoms with van der Waals surface area (Å²) in [6.45, 7) is 0. The van der Waals surface area contributed by atoms with Crippen LogP contribution in [0.25, 0.3) is 0 Å². The van der Waals surface area contributed by atoms with E-state index < -0.39 is 10.8 Å². The van der Waals surface area contributed by atoms with Gasteiger partial charge in [-0.15, -0.1) is 11.8 Å². The number of thioether (sulfide) groups is 1. The van der Waals surface area contributed by atoms with Crippen molar-refractivity contribution in [2.24, 2.45) is 0 Å². The molecule has 0 saturated heterocycles. The summed E-state index contributed by atoms with van der Waals surface area (Å²) >= 11 is 1.49. The Morgan fingerprint density at radius 1 is 1.33 bits per heavy atom. The van der Waals surface area contributed by atoms with Crippen molar-refractivity contribution in [1.82, 2.24) is 5.32 Å². The van der Waals surface area contributed by atoms with E-state index in [-0.39, 0.29) is 17.8 Å². The number of halogens is 1. The van der Waals surface area contributed by atoms with Gasteiger partial charge in [0.05, 0.1) is 6.04 Å². The lowest BCUT2D eigenvalue weighted by Crippen LogP contribution is -2.31. The molecule has 0 spiro atoms. The Morgan fingerprint density at radius 2 is 2.12 bits per heavy atom. The lowest BCUT2D eigenvalue weighted by Gasteiger charge is -2.26. The molecule has 1 aliphatic heterocycles. The van der Waals surface area contributed by atoms with Crippen LogP contribution >= 0.6 is 11.8 Å². The molecule has 0 fully saturated rings. The molecule has 24 heavy (non-hydrogen) atoms. The molecular weight excluding hydrogens is 345 g/mol. The Bertz CT molecular complexity index is 794. The average molecular weight is 363 g/mol. The van der Waals surface area contributed by atoms with Crippen LogP contribution in [0.5, 0.6) is 0 Å². The Labute approximate surface area is 147 Å². The van der Waals surface area contributed by atoms with E-state index >= 15 is 0 Å². The van der Waals surface area contributed by atoms with E-state index in [1.807, 2.05) is 12.1 Å². The van der Waals surface area contributed by atoms with E-state index in [1.54, 1.807) is 30.5 Å². The van der Waals surface area contributed by atoms with Gasteiger partial charge in [0, 0.05) is 39.0 Å². The summed E-state index contributed by atoms with van der Waals surface area (Å²) in [6.07, 6.45) is 2.41. The molecule has 0 radical (unpaired) electrons. The molecule has 1 amide bonds. The third-order valence-corrected chi connectivity index (χ3v) is 5.79. The fraction of sp³-hybridized carbons (Fsp3) is 0.278. The number of hydrogen-bond acceptors (Lipinski definition) is 3. The fourth-order valence-corrected chi connectivity index (χ4v) is 4.60. The van der Waals surface area contributed by atoms with E-state index in [0.29, 0.717) is 16.2 Å². The molecule has 1 N–H and O–H groups in total. The van der Waals surface area contributed by atoms with Crippen molar-refractivity contribution in [3.05, 3.63) is 65.0 Å². The minimum Gasteiger partial charge on any atom is -0.345 e. The molecule has 0 unspecified atom stereocenters. The van der Waals surface area contributed by atoms with E-state index in [0.717, 1.165) is 23.3 Å². The van der Waals surface area contributed by atoms with Gasteiger partial charge >= 0.3 is 0 Å². The predicted molar refractivity (Wildman–Crippen MR) is 96.2 cm³/mol. The quantitative estimate of drug-likeness (QED) is 0.901. The van der Waals surface area contributed by atoms with Crippen LogP contribution in [0, 0.1) is 5.82 Å². The SMILES string of the molecule is C[S@@](=O)Cc1cccc(C(=O)N[C@@H]2CCSc3c(F)cccc32)c1. The maximum absolute atomic E-state index is 13.9. The first-order valence-corrected chi connectivity index (χ1v) is 10.4. The highest BCUT2D eigenvalue weighted by Crippen LogP contribution is 2.37. The van der Waals surface area contributed by atoms with Gasteiger partial charge in [0.2, 0.25) is 0 Å². The second-order valence-electron chi connectivity index (χ2n) is 5.74. The number of hydrogen-bond donors (Lipinski definition) is 1. The van der Waals surface area contributed by atoms with E-state index in [9.17, 15) is 13.4 Å². The van der Waals surface area contributed by atoms with Crippen molar-refractivity contribution in [2.45, 2.75) is 23.1 Å². The molecule has 0 saturated carbocycles. The zero-order valence-electron chi connectivity index (χ0n) is 13.3. The molecular formula is C18H18FNO2S2. The van der Waals surface area contributed by atoms with Gasteiger partial charge in [-0.25, -0.2) is 4.39 Å². The first-order chi connectivity index (χ1) is 11.5. The molecule has 1 heterocycles. The van der Waals surface area contributed by atoms with Crippen LogP contribution in [0.4, 0.5) is 4.39 Å². The van der Waals surface area contributed by atoms with Crippen molar-refractivity contribution in [1.29, 1.82) is 0 Å². The summed E-state index contributed by atoms with van der Waals surface area (Å²) in [6, 6.07) is 12.0. The van der Waals surface area contributed by atoms with E-state index in [4.69, 9.17) is 0 Å². The average Bonchev–Trinajstić information content (AvgIpc) is 2.55. The van der Waals surface area contributed by atoms with Crippen molar-refractivity contribution in [2.75, 3.05) is 12.0 Å². The lowest BCUT2D eigenvalue weighted by atomic mass is 10.0. The third-order valence-electron chi connectivity index (χ3n) is 3.89. The zero-order valence-corrected chi connectivity index (χ0v) is 14.9. The van der Waals surface area contributed by atoms with E-state index in [1.165, 1.54) is 17.8 Å². The summed E-state index contributed by atoms with van der Waals surface area (Å²) < 4.78 is 25.3. The van der Waals surface area contributed by atoms with Crippen molar-refractivity contribution >= 4 is 28.5 Å². The first-order valence-electron chi connectivity index (χ1n) is 7.65. The van der Waals surface area contributed by atoms with Gasteiger partial charge in [-0.1, -0.05) is 24.3 Å².